The molecule has 0 unspecified atom stereocenters. The molecule has 2 N–H and O–H groups in total. The van der Waals surface area contributed by atoms with Gasteiger partial charge in [-0.15, -0.1) is 0 Å². The van der Waals surface area contributed by atoms with Crippen LogP contribution in [-0.2, 0) is 0 Å². The Kier molecular flexibility index (Phi) is 3.13. The first kappa shape index (κ1) is 10.0. The maximum atomic E-state index is 9.48. The number of nitrogens with one attached hydrogen (secondary N) is 1. The van der Waals surface area contributed by atoms with Crippen LogP contribution in [0.15, 0.2) is 0 Å². The van der Waals surface area contributed by atoms with Crippen LogP contribution in [0.4, 0.5) is 0 Å². The van der Waals surface area contributed by atoms with Crippen molar-refractivity contribution in [3.8, 4) is 0 Å². The number of hydrogen-bond acceptors (Lipinski definition) is 2. The minimum absolute atomic E-state index is 0.564. The Bertz CT molecular complexity index is 139. The molecule has 1 saturated carbocycles. The molecular formula is C10H21NO. The average Bonchev–Trinajstić information content (AvgIpc) is 2.30. The van der Waals surface area contributed by atoms with Crippen LogP contribution in [0.3, 0.4) is 0 Å². The molecule has 2 heteroatoms. The van der Waals surface area contributed by atoms with Crippen molar-refractivity contribution in [3.63, 3.8) is 0 Å². The van der Waals surface area contributed by atoms with Crippen molar-refractivity contribution in [1.82, 2.24) is 5.32 Å². The zero-order valence-electron chi connectivity index (χ0n) is 8.43. The minimum atomic E-state index is -0.564. The second-order valence-corrected chi connectivity index (χ2v) is 4.81. The van der Waals surface area contributed by atoms with Crippen molar-refractivity contribution in [1.29, 1.82) is 0 Å². The summed E-state index contributed by atoms with van der Waals surface area (Å²) in [6.45, 7) is 6.70. The Balaban J connectivity index is 2.16. The lowest BCUT2D eigenvalue weighted by Gasteiger charge is -2.21. The lowest BCUT2D eigenvalue weighted by molar-refractivity contribution is 0.0765. The molecule has 0 bridgehead atoms. The first-order valence-corrected chi connectivity index (χ1v) is 4.93. The molecule has 2 atom stereocenters. The molecule has 0 aromatic rings. The largest absolute Gasteiger partial charge is 0.389 e. The molecule has 0 aliphatic heterocycles. The summed E-state index contributed by atoms with van der Waals surface area (Å²) in [7, 11) is 0. The molecule has 1 aliphatic carbocycles. The predicted molar refractivity (Wildman–Crippen MR) is 51.1 cm³/mol. The van der Waals surface area contributed by atoms with E-state index in [0.29, 0.717) is 12.6 Å². The highest BCUT2D eigenvalue weighted by Gasteiger charge is 2.22. The van der Waals surface area contributed by atoms with E-state index < -0.39 is 5.60 Å². The van der Waals surface area contributed by atoms with Gasteiger partial charge in [-0.05, 0) is 39.0 Å². The Morgan fingerprint density at radius 1 is 1.42 bits per heavy atom. The third-order valence-corrected chi connectivity index (χ3v) is 2.52. The normalized spacial score (nSPS) is 31.0. The van der Waals surface area contributed by atoms with Gasteiger partial charge in [0.25, 0.3) is 0 Å². The van der Waals surface area contributed by atoms with Crippen molar-refractivity contribution in [2.75, 3.05) is 6.54 Å². The van der Waals surface area contributed by atoms with E-state index in [9.17, 15) is 5.11 Å². The van der Waals surface area contributed by atoms with E-state index in [2.05, 4.69) is 12.2 Å². The van der Waals surface area contributed by atoms with Crippen LogP contribution < -0.4 is 5.32 Å². The van der Waals surface area contributed by atoms with Gasteiger partial charge in [0.05, 0.1) is 5.60 Å². The topological polar surface area (TPSA) is 32.3 Å². The molecule has 1 aliphatic rings. The van der Waals surface area contributed by atoms with Gasteiger partial charge in [0.2, 0.25) is 0 Å². The van der Waals surface area contributed by atoms with E-state index >= 15 is 0 Å². The molecule has 0 heterocycles. The standard InChI is InChI=1S/C10H21NO/c1-8-4-5-9(6-8)11-7-10(2,3)12/h8-9,11-12H,4-7H2,1-3H3/t8-,9+/m0/s1. The molecule has 0 aromatic heterocycles. The van der Waals surface area contributed by atoms with E-state index in [4.69, 9.17) is 0 Å². The molecule has 1 rings (SSSR count). The molecule has 0 spiro atoms. The summed E-state index contributed by atoms with van der Waals surface area (Å²) in [5, 5.41) is 12.9. The summed E-state index contributed by atoms with van der Waals surface area (Å²) in [5.41, 5.74) is -0.564. The summed E-state index contributed by atoms with van der Waals surface area (Å²) in [6.07, 6.45) is 3.89. The van der Waals surface area contributed by atoms with Crippen LogP contribution in [0.1, 0.15) is 40.0 Å². The maximum absolute atomic E-state index is 9.48. The molecule has 2 nitrogen and oxygen atoms in total. The quantitative estimate of drug-likeness (QED) is 0.675. The van der Waals surface area contributed by atoms with Gasteiger partial charge in [0.1, 0.15) is 0 Å². The Labute approximate surface area is 75.4 Å². The SMILES string of the molecule is C[C@H]1CC[C@@H](NCC(C)(C)O)C1. The molecule has 0 radical (unpaired) electrons. The molecule has 0 amide bonds. The number of aliphatic hydroxyl groups is 1. The fourth-order valence-corrected chi connectivity index (χ4v) is 1.79. The van der Waals surface area contributed by atoms with Gasteiger partial charge in [-0.2, -0.15) is 0 Å². The zero-order chi connectivity index (χ0) is 9.19. The van der Waals surface area contributed by atoms with Crippen molar-refractivity contribution < 1.29 is 5.11 Å². The van der Waals surface area contributed by atoms with E-state index in [-0.39, 0.29) is 0 Å². The Morgan fingerprint density at radius 3 is 2.50 bits per heavy atom. The van der Waals surface area contributed by atoms with Gasteiger partial charge in [-0.1, -0.05) is 6.92 Å². The summed E-state index contributed by atoms with van der Waals surface area (Å²) in [4.78, 5) is 0. The van der Waals surface area contributed by atoms with E-state index in [1.54, 1.807) is 0 Å². The smallest absolute Gasteiger partial charge is 0.0715 e. The molecular weight excluding hydrogens is 150 g/mol. The minimum Gasteiger partial charge on any atom is -0.389 e. The maximum Gasteiger partial charge on any atom is 0.0715 e. The van der Waals surface area contributed by atoms with Crippen LogP contribution in [-0.4, -0.2) is 23.3 Å². The van der Waals surface area contributed by atoms with Crippen molar-refractivity contribution in [2.45, 2.75) is 51.7 Å². The highest BCUT2D eigenvalue weighted by Crippen LogP contribution is 2.24. The summed E-state index contributed by atoms with van der Waals surface area (Å²) < 4.78 is 0. The fourth-order valence-electron chi connectivity index (χ4n) is 1.79. The Hall–Kier alpha value is -0.0800. The lowest BCUT2D eigenvalue weighted by Crippen LogP contribution is -2.39. The summed E-state index contributed by atoms with van der Waals surface area (Å²) >= 11 is 0. The molecule has 0 saturated heterocycles. The third kappa shape index (κ3) is 3.55. The highest BCUT2D eigenvalue weighted by molar-refractivity contribution is 4.80. The van der Waals surface area contributed by atoms with Crippen LogP contribution in [0.2, 0.25) is 0 Å². The van der Waals surface area contributed by atoms with Gasteiger partial charge in [-0.3, -0.25) is 0 Å². The van der Waals surface area contributed by atoms with Crippen molar-refractivity contribution in [2.24, 2.45) is 5.92 Å². The molecule has 0 aromatic carbocycles. The van der Waals surface area contributed by atoms with Crippen LogP contribution in [0.25, 0.3) is 0 Å². The average molecular weight is 171 g/mol. The van der Waals surface area contributed by atoms with Gasteiger partial charge in [-0.25, -0.2) is 0 Å². The van der Waals surface area contributed by atoms with Crippen molar-refractivity contribution >= 4 is 0 Å². The van der Waals surface area contributed by atoms with Gasteiger partial charge < -0.3 is 10.4 Å². The molecule has 72 valence electrons. The third-order valence-electron chi connectivity index (χ3n) is 2.52. The first-order valence-electron chi connectivity index (χ1n) is 4.93. The first-order chi connectivity index (χ1) is 5.47. The summed E-state index contributed by atoms with van der Waals surface area (Å²) in [5.74, 6) is 0.865. The molecule has 1 fully saturated rings. The highest BCUT2D eigenvalue weighted by atomic mass is 16.3. The predicted octanol–water partition coefficient (Wildman–Crippen LogP) is 1.54. The molecule has 12 heavy (non-hydrogen) atoms. The summed E-state index contributed by atoms with van der Waals surface area (Å²) in [6, 6.07) is 0.645. The van der Waals surface area contributed by atoms with Crippen LogP contribution in [0.5, 0.6) is 0 Å². The van der Waals surface area contributed by atoms with Gasteiger partial charge in [0, 0.05) is 12.6 Å². The van der Waals surface area contributed by atoms with Gasteiger partial charge >= 0.3 is 0 Å². The number of hydrogen-bond donors (Lipinski definition) is 2. The van der Waals surface area contributed by atoms with Gasteiger partial charge in [0.15, 0.2) is 0 Å². The lowest BCUT2D eigenvalue weighted by atomic mass is 10.1. The number of rotatable bonds is 3. The second-order valence-electron chi connectivity index (χ2n) is 4.81. The van der Waals surface area contributed by atoms with Crippen LogP contribution >= 0.6 is 0 Å². The zero-order valence-corrected chi connectivity index (χ0v) is 8.43. The van der Waals surface area contributed by atoms with E-state index in [0.717, 1.165) is 5.92 Å². The second kappa shape index (κ2) is 3.75. The van der Waals surface area contributed by atoms with E-state index in [1.165, 1.54) is 19.3 Å². The monoisotopic (exact) mass is 171 g/mol. The Morgan fingerprint density at radius 2 is 2.08 bits per heavy atom. The van der Waals surface area contributed by atoms with Crippen LogP contribution in [0, 0.1) is 5.92 Å². The van der Waals surface area contributed by atoms with E-state index in [1.807, 2.05) is 13.8 Å². The van der Waals surface area contributed by atoms with Crippen molar-refractivity contribution in [3.05, 3.63) is 0 Å². The fraction of sp³-hybridized carbons (Fsp3) is 1.00.